The van der Waals surface area contributed by atoms with Crippen LogP contribution in [0.5, 0.6) is 0 Å². The molecule has 2 aromatic heterocycles. The van der Waals surface area contributed by atoms with E-state index in [0.717, 1.165) is 25.7 Å². The maximum atomic E-state index is 10.3. The normalized spacial score (nSPS) is 31.9. The predicted molar refractivity (Wildman–Crippen MR) is 90.9 cm³/mol. The Morgan fingerprint density at radius 1 is 1.29 bits per heavy atom. The van der Waals surface area contributed by atoms with Crippen LogP contribution in [0.4, 0.5) is 5.82 Å². The molecule has 24 heavy (non-hydrogen) atoms. The number of anilines is 1. The topological polar surface area (TPSA) is 110 Å². The lowest BCUT2D eigenvalue weighted by Crippen LogP contribution is -2.31. The summed E-state index contributed by atoms with van der Waals surface area (Å²) in [5.41, 5.74) is 7.21. The first-order valence-electron chi connectivity index (χ1n) is 8.64. The molecule has 128 valence electrons. The second-order valence-electron chi connectivity index (χ2n) is 6.87. The van der Waals surface area contributed by atoms with Crippen molar-refractivity contribution in [3.8, 4) is 0 Å². The molecule has 0 amide bonds. The fourth-order valence-corrected chi connectivity index (χ4v) is 3.86. The standard InChI is InChI=1S/C17H23N5O2/c1-2-3-4-5-6-11-20-16(18)12-17(21-11)22(8-19-12)13-9-7-10(9)14(23)15(13)24/h5-6,8-10,13-15,23-24H,2-4,7H2,1H3,(H2,18,20,21). The van der Waals surface area contributed by atoms with Crippen molar-refractivity contribution in [1.82, 2.24) is 19.5 Å². The van der Waals surface area contributed by atoms with Gasteiger partial charge in [-0.1, -0.05) is 25.8 Å². The molecule has 2 aliphatic rings. The molecule has 4 rings (SSSR count). The van der Waals surface area contributed by atoms with Gasteiger partial charge in [0.1, 0.15) is 11.6 Å². The number of unbranched alkanes of at least 4 members (excludes halogenated alkanes) is 2. The molecule has 0 aliphatic heterocycles. The van der Waals surface area contributed by atoms with Gasteiger partial charge in [0.25, 0.3) is 0 Å². The molecular formula is C17H23N5O2. The van der Waals surface area contributed by atoms with Gasteiger partial charge in [0, 0.05) is 0 Å². The Morgan fingerprint density at radius 3 is 2.83 bits per heavy atom. The lowest BCUT2D eigenvalue weighted by atomic mass is 10.1. The fraction of sp³-hybridized carbons (Fsp3) is 0.588. The third-order valence-electron chi connectivity index (χ3n) is 5.25. The maximum Gasteiger partial charge on any atom is 0.166 e. The average molecular weight is 329 g/mol. The van der Waals surface area contributed by atoms with Gasteiger partial charge >= 0.3 is 0 Å². The Morgan fingerprint density at radius 2 is 2.12 bits per heavy atom. The highest BCUT2D eigenvalue weighted by atomic mass is 16.3. The molecule has 0 bridgehead atoms. The van der Waals surface area contributed by atoms with Crippen LogP contribution in [-0.2, 0) is 0 Å². The maximum absolute atomic E-state index is 10.3. The summed E-state index contributed by atoms with van der Waals surface area (Å²) in [6, 6.07) is -0.193. The third kappa shape index (κ3) is 2.39. The van der Waals surface area contributed by atoms with E-state index in [1.54, 1.807) is 6.33 Å². The number of aliphatic hydroxyl groups is 2. The van der Waals surface area contributed by atoms with Gasteiger partial charge in [-0.3, -0.25) is 0 Å². The monoisotopic (exact) mass is 329 g/mol. The van der Waals surface area contributed by atoms with Crippen LogP contribution < -0.4 is 5.73 Å². The Bertz CT molecular complexity index is 787. The molecule has 2 fully saturated rings. The van der Waals surface area contributed by atoms with E-state index in [0.29, 0.717) is 22.8 Å². The first-order chi connectivity index (χ1) is 11.6. The van der Waals surface area contributed by atoms with Gasteiger partial charge in [-0.15, -0.1) is 0 Å². The molecule has 0 aromatic carbocycles. The van der Waals surface area contributed by atoms with Crippen molar-refractivity contribution in [3.63, 3.8) is 0 Å². The number of aliphatic hydroxyl groups excluding tert-OH is 2. The summed E-state index contributed by atoms with van der Waals surface area (Å²) >= 11 is 0. The Kier molecular flexibility index (Phi) is 3.77. The van der Waals surface area contributed by atoms with Crippen LogP contribution in [0.15, 0.2) is 12.4 Å². The average Bonchev–Trinajstić information content (AvgIpc) is 3.16. The van der Waals surface area contributed by atoms with Crippen molar-refractivity contribution < 1.29 is 10.2 Å². The van der Waals surface area contributed by atoms with E-state index >= 15 is 0 Å². The fourth-order valence-electron chi connectivity index (χ4n) is 3.86. The van der Waals surface area contributed by atoms with Gasteiger partial charge in [-0.2, -0.15) is 0 Å². The molecule has 2 saturated carbocycles. The summed E-state index contributed by atoms with van der Waals surface area (Å²) in [5, 5.41) is 20.4. The number of hydrogen-bond acceptors (Lipinski definition) is 6. The molecule has 2 heterocycles. The summed E-state index contributed by atoms with van der Waals surface area (Å²) in [6.45, 7) is 2.15. The molecule has 0 saturated heterocycles. The van der Waals surface area contributed by atoms with E-state index < -0.39 is 12.2 Å². The summed E-state index contributed by atoms with van der Waals surface area (Å²) in [6.07, 6.45) is 8.32. The molecule has 2 aromatic rings. The van der Waals surface area contributed by atoms with Gasteiger partial charge in [0.15, 0.2) is 17.3 Å². The number of fused-ring (bicyclic) bond motifs is 2. The molecule has 4 N–H and O–H groups in total. The minimum atomic E-state index is -0.786. The third-order valence-corrected chi connectivity index (χ3v) is 5.25. The Hall–Kier alpha value is -1.99. The van der Waals surface area contributed by atoms with Crippen molar-refractivity contribution in [2.45, 2.75) is 50.9 Å². The van der Waals surface area contributed by atoms with Gasteiger partial charge in [-0.25, -0.2) is 15.0 Å². The first kappa shape index (κ1) is 15.5. The smallest absolute Gasteiger partial charge is 0.166 e. The van der Waals surface area contributed by atoms with Crippen molar-refractivity contribution >= 4 is 23.1 Å². The second-order valence-corrected chi connectivity index (χ2v) is 6.87. The van der Waals surface area contributed by atoms with Gasteiger partial charge in [0.05, 0.1) is 18.5 Å². The molecule has 7 heteroatoms. The zero-order chi connectivity index (χ0) is 16.8. The highest BCUT2D eigenvalue weighted by Crippen LogP contribution is 2.57. The molecule has 7 nitrogen and oxygen atoms in total. The zero-order valence-electron chi connectivity index (χ0n) is 13.7. The van der Waals surface area contributed by atoms with Gasteiger partial charge < -0.3 is 20.5 Å². The number of allylic oxidation sites excluding steroid dienone is 1. The molecule has 5 unspecified atom stereocenters. The minimum absolute atomic E-state index is 0.190. The lowest BCUT2D eigenvalue weighted by Gasteiger charge is -2.22. The number of imidazole rings is 1. The number of hydrogen-bond donors (Lipinski definition) is 3. The van der Waals surface area contributed by atoms with Crippen LogP contribution in [0, 0.1) is 11.8 Å². The number of nitrogen functional groups attached to an aromatic ring is 1. The molecule has 0 spiro atoms. The quantitative estimate of drug-likeness (QED) is 0.718. The van der Waals surface area contributed by atoms with Crippen LogP contribution >= 0.6 is 0 Å². The van der Waals surface area contributed by atoms with Crippen molar-refractivity contribution in [2.75, 3.05) is 5.73 Å². The van der Waals surface area contributed by atoms with Gasteiger partial charge in [-0.05, 0) is 30.8 Å². The SMILES string of the molecule is CCCCC=Cc1nc(N)c2ncn(C3C(O)C(O)C4CC43)c2n1. The van der Waals surface area contributed by atoms with Gasteiger partial charge in [0.2, 0.25) is 0 Å². The Labute approximate surface area is 140 Å². The summed E-state index contributed by atoms with van der Waals surface area (Å²) in [4.78, 5) is 13.2. The zero-order valence-corrected chi connectivity index (χ0v) is 13.7. The second kappa shape index (κ2) is 5.82. The largest absolute Gasteiger partial charge is 0.390 e. The van der Waals surface area contributed by atoms with Crippen molar-refractivity contribution in [1.29, 1.82) is 0 Å². The molecule has 2 aliphatic carbocycles. The summed E-state index contributed by atoms with van der Waals surface area (Å²) in [5.74, 6) is 1.37. The van der Waals surface area contributed by atoms with E-state index in [2.05, 4.69) is 28.0 Å². The Balaban J connectivity index is 1.70. The summed E-state index contributed by atoms with van der Waals surface area (Å²) < 4.78 is 1.86. The highest BCUT2D eigenvalue weighted by molar-refractivity contribution is 5.82. The molecule has 5 atom stereocenters. The van der Waals surface area contributed by atoms with Crippen LogP contribution in [0.3, 0.4) is 0 Å². The van der Waals surface area contributed by atoms with E-state index in [9.17, 15) is 10.2 Å². The number of nitrogens with zero attached hydrogens (tertiary/aromatic N) is 4. The van der Waals surface area contributed by atoms with Crippen molar-refractivity contribution in [3.05, 3.63) is 18.2 Å². The highest BCUT2D eigenvalue weighted by Gasteiger charge is 2.60. The predicted octanol–water partition coefficient (Wildman–Crippen LogP) is 1.52. The van der Waals surface area contributed by atoms with Crippen molar-refractivity contribution in [2.24, 2.45) is 11.8 Å². The van der Waals surface area contributed by atoms with Crippen LogP contribution in [0.1, 0.15) is 44.5 Å². The van der Waals surface area contributed by atoms with E-state index in [4.69, 9.17) is 5.73 Å². The minimum Gasteiger partial charge on any atom is -0.390 e. The van der Waals surface area contributed by atoms with Crippen LogP contribution in [-0.4, -0.2) is 41.9 Å². The molecular weight excluding hydrogens is 306 g/mol. The van der Waals surface area contributed by atoms with E-state index in [-0.39, 0.29) is 17.9 Å². The number of aromatic nitrogens is 4. The summed E-state index contributed by atoms with van der Waals surface area (Å²) in [7, 11) is 0. The number of nitrogens with two attached hydrogens (primary N) is 1. The van der Waals surface area contributed by atoms with Crippen LogP contribution in [0.2, 0.25) is 0 Å². The van der Waals surface area contributed by atoms with E-state index in [1.807, 2.05) is 10.6 Å². The number of rotatable bonds is 5. The van der Waals surface area contributed by atoms with E-state index in [1.165, 1.54) is 0 Å². The molecule has 0 radical (unpaired) electrons. The lowest BCUT2D eigenvalue weighted by molar-refractivity contribution is 0.00386. The first-order valence-corrected chi connectivity index (χ1v) is 8.64. The van der Waals surface area contributed by atoms with Crippen LogP contribution in [0.25, 0.3) is 17.2 Å².